The number of rotatable bonds is 7. The molecule has 1 aliphatic carbocycles. The van der Waals surface area contributed by atoms with E-state index in [2.05, 4.69) is 40.3 Å². The van der Waals surface area contributed by atoms with Crippen LogP contribution in [0.1, 0.15) is 31.2 Å². The van der Waals surface area contributed by atoms with Crippen LogP contribution in [0, 0.1) is 0 Å². The molecule has 0 saturated heterocycles. The molecular formula is C17H22N2O2. The van der Waals surface area contributed by atoms with E-state index in [0.29, 0.717) is 12.5 Å². The Labute approximate surface area is 125 Å². The minimum atomic E-state index is -0.137. The molecule has 0 amide bonds. The lowest BCUT2D eigenvalue weighted by molar-refractivity contribution is -0.140. The van der Waals surface area contributed by atoms with Crippen LogP contribution in [0.3, 0.4) is 0 Å². The molecule has 0 aliphatic heterocycles. The summed E-state index contributed by atoms with van der Waals surface area (Å²) in [6, 6.07) is 9.31. The molecule has 0 atom stereocenters. The lowest BCUT2D eigenvalue weighted by Crippen LogP contribution is -2.16. The van der Waals surface area contributed by atoms with E-state index in [9.17, 15) is 4.79 Å². The summed E-state index contributed by atoms with van der Waals surface area (Å²) in [6.07, 6.45) is 5.99. The molecule has 3 rings (SSSR count). The van der Waals surface area contributed by atoms with Crippen LogP contribution in [0.25, 0.3) is 10.9 Å². The predicted octanol–water partition coefficient (Wildman–Crippen LogP) is 2.85. The van der Waals surface area contributed by atoms with Crippen molar-refractivity contribution >= 4 is 16.9 Å². The molecule has 21 heavy (non-hydrogen) atoms. The Morgan fingerprint density at radius 1 is 1.38 bits per heavy atom. The summed E-state index contributed by atoms with van der Waals surface area (Å²) in [5.74, 6) is -0.137. The van der Waals surface area contributed by atoms with Crippen LogP contribution in [0.4, 0.5) is 0 Å². The number of hydrogen-bond donors (Lipinski definition) is 1. The molecule has 1 saturated carbocycles. The van der Waals surface area contributed by atoms with Gasteiger partial charge < -0.3 is 14.6 Å². The standard InChI is InChI=1S/C17H22N2O2/c1-21-16(20)6-3-10-19-11-9-13-4-2-5-14(17(13)19)12-18-15-7-8-15/h2,4-5,9,11,15,18H,3,6-8,10,12H2,1H3. The third-order valence-electron chi connectivity index (χ3n) is 4.04. The maximum atomic E-state index is 11.2. The number of ether oxygens (including phenoxy) is 1. The van der Waals surface area contributed by atoms with Crippen molar-refractivity contribution in [3.05, 3.63) is 36.0 Å². The van der Waals surface area contributed by atoms with Crippen LogP contribution in [0.5, 0.6) is 0 Å². The highest BCUT2D eigenvalue weighted by atomic mass is 16.5. The summed E-state index contributed by atoms with van der Waals surface area (Å²) in [4.78, 5) is 11.2. The van der Waals surface area contributed by atoms with Gasteiger partial charge in [-0.2, -0.15) is 0 Å². The van der Waals surface area contributed by atoms with E-state index in [1.54, 1.807) is 0 Å². The number of nitrogens with zero attached hydrogens (tertiary/aromatic N) is 1. The molecule has 2 aromatic rings. The summed E-state index contributed by atoms with van der Waals surface area (Å²) in [7, 11) is 1.44. The van der Waals surface area contributed by atoms with Crippen LogP contribution >= 0.6 is 0 Å². The Morgan fingerprint density at radius 2 is 2.24 bits per heavy atom. The molecule has 4 heteroatoms. The van der Waals surface area contributed by atoms with Gasteiger partial charge in [0.25, 0.3) is 0 Å². The molecule has 1 fully saturated rings. The van der Waals surface area contributed by atoms with Crippen LogP contribution in [-0.2, 0) is 22.6 Å². The lowest BCUT2D eigenvalue weighted by atomic mass is 10.1. The zero-order valence-corrected chi connectivity index (χ0v) is 12.5. The van der Waals surface area contributed by atoms with E-state index in [4.69, 9.17) is 4.74 Å². The number of aryl methyl sites for hydroxylation is 1. The summed E-state index contributed by atoms with van der Waals surface area (Å²) < 4.78 is 6.95. The number of carbonyl (C=O) groups is 1. The predicted molar refractivity (Wildman–Crippen MR) is 83.0 cm³/mol. The molecule has 1 aromatic heterocycles. The Bertz CT molecular complexity index is 629. The van der Waals surface area contributed by atoms with Gasteiger partial charge in [-0.05, 0) is 36.3 Å². The highest BCUT2D eigenvalue weighted by molar-refractivity contribution is 5.83. The summed E-state index contributed by atoms with van der Waals surface area (Å²) >= 11 is 0. The number of methoxy groups -OCH3 is 1. The first-order valence-corrected chi connectivity index (χ1v) is 7.65. The lowest BCUT2D eigenvalue weighted by Gasteiger charge is -2.10. The zero-order chi connectivity index (χ0) is 14.7. The van der Waals surface area contributed by atoms with E-state index in [1.165, 1.54) is 36.4 Å². The second-order valence-electron chi connectivity index (χ2n) is 5.70. The van der Waals surface area contributed by atoms with Crippen LogP contribution in [0.2, 0.25) is 0 Å². The van der Waals surface area contributed by atoms with Gasteiger partial charge in [0.2, 0.25) is 0 Å². The molecule has 0 radical (unpaired) electrons. The van der Waals surface area contributed by atoms with Gasteiger partial charge in [0, 0.05) is 31.7 Å². The maximum Gasteiger partial charge on any atom is 0.305 e. The first kappa shape index (κ1) is 14.1. The monoisotopic (exact) mass is 286 g/mol. The number of para-hydroxylation sites is 1. The number of nitrogens with one attached hydrogen (secondary N) is 1. The average molecular weight is 286 g/mol. The second-order valence-corrected chi connectivity index (χ2v) is 5.70. The van der Waals surface area contributed by atoms with E-state index < -0.39 is 0 Å². The van der Waals surface area contributed by atoms with Crippen molar-refractivity contribution in [3.63, 3.8) is 0 Å². The number of fused-ring (bicyclic) bond motifs is 1. The molecule has 4 nitrogen and oxygen atoms in total. The van der Waals surface area contributed by atoms with Crippen molar-refractivity contribution in [2.75, 3.05) is 7.11 Å². The van der Waals surface area contributed by atoms with Crippen LogP contribution in [-0.4, -0.2) is 23.7 Å². The summed E-state index contributed by atoms with van der Waals surface area (Å²) in [5.41, 5.74) is 2.62. The molecule has 1 aromatic carbocycles. The third kappa shape index (κ3) is 3.45. The largest absolute Gasteiger partial charge is 0.469 e. The minimum absolute atomic E-state index is 0.137. The van der Waals surface area contributed by atoms with Gasteiger partial charge in [0.15, 0.2) is 0 Å². The molecule has 1 N–H and O–H groups in total. The summed E-state index contributed by atoms with van der Waals surface area (Å²) in [5, 5.41) is 4.84. The number of carbonyl (C=O) groups excluding carboxylic acids is 1. The van der Waals surface area contributed by atoms with Crippen molar-refractivity contribution in [1.82, 2.24) is 9.88 Å². The van der Waals surface area contributed by atoms with Gasteiger partial charge in [-0.25, -0.2) is 0 Å². The first-order chi connectivity index (χ1) is 10.3. The SMILES string of the molecule is COC(=O)CCCn1ccc2cccc(CNC3CC3)c21. The van der Waals surface area contributed by atoms with Gasteiger partial charge in [0.05, 0.1) is 12.6 Å². The second kappa shape index (κ2) is 6.31. The Balaban J connectivity index is 1.73. The van der Waals surface area contributed by atoms with E-state index >= 15 is 0 Å². The van der Waals surface area contributed by atoms with Crippen molar-refractivity contribution in [2.24, 2.45) is 0 Å². The zero-order valence-electron chi connectivity index (χ0n) is 12.5. The normalized spacial score (nSPS) is 14.5. The van der Waals surface area contributed by atoms with Crippen LogP contribution < -0.4 is 5.32 Å². The molecule has 0 bridgehead atoms. The smallest absolute Gasteiger partial charge is 0.305 e. The number of hydrogen-bond acceptors (Lipinski definition) is 3. The van der Waals surface area contributed by atoms with Gasteiger partial charge in [-0.1, -0.05) is 18.2 Å². The molecule has 112 valence electrons. The van der Waals surface area contributed by atoms with Crippen molar-refractivity contribution < 1.29 is 9.53 Å². The molecule has 0 spiro atoms. The fourth-order valence-corrected chi connectivity index (χ4v) is 2.71. The van der Waals surface area contributed by atoms with Gasteiger partial charge in [0.1, 0.15) is 0 Å². The van der Waals surface area contributed by atoms with Gasteiger partial charge in [-0.15, -0.1) is 0 Å². The summed E-state index contributed by atoms with van der Waals surface area (Å²) in [6.45, 7) is 1.77. The van der Waals surface area contributed by atoms with E-state index in [0.717, 1.165) is 19.5 Å². The molecule has 1 aliphatic rings. The Morgan fingerprint density at radius 3 is 3.00 bits per heavy atom. The minimum Gasteiger partial charge on any atom is -0.469 e. The topological polar surface area (TPSA) is 43.3 Å². The van der Waals surface area contributed by atoms with Crippen LogP contribution in [0.15, 0.2) is 30.5 Å². The van der Waals surface area contributed by atoms with Gasteiger partial charge in [-0.3, -0.25) is 4.79 Å². The number of benzene rings is 1. The Kier molecular flexibility index (Phi) is 4.25. The fraction of sp³-hybridized carbons (Fsp3) is 0.471. The van der Waals surface area contributed by atoms with Crippen molar-refractivity contribution in [2.45, 2.75) is 44.8 Å². The molecular weight excluding hydrogens is 264 g/mol. The van der Waals surface area contributed by atoms with Crippen molar-refractivity contribution in [1.29, 1.82) is 0 Å². The quantitative estimate of drug-likeness (QED) is 0.796. The average Bonchev–Trinajstić information content (AvgIpc) is 3.25. The first-order valence-electron chi connectivity index (χ1n) is 7.65. The fourth-order valence-electron chi connectivity index (χ4n) is 2.71. The highest BCUT2D eigenvalue weighted by Crippen LogP contribution is 2.23. The molecule has 0 unspecified atom stereocenters. The number of aromatic nitrogens is 1. The Hall–Kier alpha value is -1.81. The number of esters is 1. The van der Waals surface area contributed by atoms with E-state index in [1.807, 2.05) is 0 Å². The highest BCUT2D eigenvalue weighted by Gasteiger charge is 2.20. The third-order valence-corrected chi connectivity index (χ3v) is 4.04. The van der Waals surface area contributed by atoms with E-state index in [-0.39, 0.29) is 5.97 Å². The maximum absolute atomic E-state index is 11.2. The van der Waals surface area contributed by atoms with Gasteiger partial charge >= 0.3 is 5.97 Å². The molecule has 1 heterocycles. The van der Waals surface area contributed by atoms with Crippen molar-refractivity contribution in [3.8, 4) is 0 Å².